The molecule has 4 N–H and O–H groups in total. The highest BCUT2D eigenvalue weighted by atomic mass is 19.2. The number of hydrogen-bond donors (Lipinski definition) is 3. The first-order valence-electron chi connectivity index (χ1n) is 23.5. The highest BCUT2D eigenvalue weighted by molar-refractivity contribution is 6.38. The maximum absolute atomic E-state index is 15.3. The van der Waals surface area contributed by atoms with Gasteiger partial charge in [-0.1, -0.05) is 12.1 Å². The summed E-state index contributed by atoms with van der Waals surface area (Å²) in [6.07, 6.45) is 8.05. The third-order valence-corrected chi connectivity index (χ3v) is 13.2. The zero-order valence-electron chi connectivity index (χ0n) is 39.9. The summed E-state index contributed by atoms with van der Waals surface area (Å²) in [6, 6.07) is 8.13. The van der Waals surface area contributed by atoms with Crippen molar-refractivity contribution in [3.8, 4) is 11.5 Å². The van der Waals surface area contributed by atoms with Gasteiger partial charge in [-0.3, -0.25) is 24.1 Å². The summed E-state index contributed by atoms with van der Waals surface area (Å²) in [6.45, 7) is 1.56. The zero-order valence-corrected chi connectivity index (χ0v) is 39.9. The Morgan fingerprint density at radius 3 is 1.86 bits per heavy atom. The van der Waals surface area contributed by atoms with Crippen molar-refractivity contribution in [2.75, 3.05) is 58.4 Å². The second kappa shape index (κ2) is 21.9. The van der Waals surface area contributed by atoms with E-state index in [2.05, 4.69) is 9.97 Å². The van der Waals surface area contributed by atoms with Crippen molar-refractivity contribution in [2.45, 2.75) is 63.5 Å². The average Bonchev–Trinajstić information content (AvgIpc) is 4.35. The number of amides is 2. The molecule has 0 atom stereocenters. The summed E-state index contributed by atoms with van der Waals surface area (Å²) >= 11 is 0. The van der Waals surface area contributed by atoms with Gasteiger partial charge in [0.15, 0.2) is 23.1 Å². The number of rotatable bonds is 11. The smallest absolute Gasteiger partial charge is 0.492 e. The van der Waals surface area contributed by atoms with Crippen molar-refractivity contribution in [3.63, 3.8) is 0 Å². The minimum absolute atomic E-state index is 0.0184. The molecule has 5 heterocycles. The molecule has 0 unspecified atom stereocenters. The van der Waals surface area contributed by atoms with Gasteiger partial charge in [0, 0.05) is 50.7 Å². The van der Waals surface area contributed by atoms with E-state index in [-0.39, 0.29) is 65.3 Å². The Balaban J connectivity index is 0.000000151. The van der Waals surface area contributed by atoms with E-state index in [0.717, 1.165) is 50.1 Å². The van der Waals surface area contributed by atoms with Gasteiger partial charge in [-0.15, -0.1) is 0 Å². The van der Waals surface area contributed by atoms with E-state index < -0.39 is 82.2 Å². The maximum atomic E-state index is 15.3. The lowest BCUT2D eigenvalue weighted by Gasteiger charge is -2.33. The molecule has 0 spiro atoms. The maximum Gasteiger partial charge on any atom is 0.798 e. The van der Waals surface area contributed by atoms with Crippen LogP contribution in [-0.4, -0.2) is 104 Å². The fraction of sp³-hybridized carbons (Fsp3) is 0.360. The van der Waals surface area contributed by atoms with Gasteiger partial charge in [-0.25, -0.2) is 35.8 Å². The standard InChI is InChI=1S/C21H23F2N3O4.C15H15FN2O2.C14H10BF4NO4/c1-30-20-17-13(19(27)14(21(28)29)10-26(17)12-4-5-12)7-15(22)18(20)25-6-2-3-11(9-25)16(23)8-24;16-13(10-4-3-7-17-8-10)9-18-14(19)11-5-1-2-6-12(11)15(18)20;1-23-13-10(17)9(16)4-7-11(13)20(6-2-3-6)5-8(12(7)21)14(22)24-15(18)19/h7,10,12H,2-6,8-9,24H2,1H3,(H,28,29);1-2,5-6,17H,3-4,7-9H2;4-6H,2-3H2,1H3/b16-11+;13-10+;. The number of fused-ring (bicyclic) bond motifs is 3. The Morgan fingerprint density at radius 1 is 0.784 bits per heavy atom. The largest absolute Gasteiger partial charge is 0.798 e. The van der Waals surface area contributed by atoms with Gasteiger partial charge < -0.3 is 44.3 Å². The first kappa shape index (κ1) is 52.8. The molecular weight excluding hydrogens is 988 g/mol. The molecule has 0 bridgehead atoms. The molecule has 2 amide bonds. The minimum atomic E-state index is -3.40. The number of piperidine rings is 2. The number of nitrogens with zero attached hydrogens (tertiary/aromatic N) is 4. The van der Waals surface area contributed by atoms with E-state index in [1.807, 2.05) is 0 Å². The van der Waals surface area contributed by atoms with Crippen LogP contribution in [0.1, 0.15) is 105 Å². The zero-order chi connectivity index (χ0) is 53.3. The number of methoxy groups -OCH3 is 2. The lowest BCUT2D eigenvalue weighted by Crippen LogP contribution is -2.33. The van der Waals surface area contributed by atoms with Crippen molar-refractivity contribution >= 4 is 58.7 Å². The molecule has 5 aliphatic rings. The molecule has 3 aliphatic heterocycles. The van der Waals surface area contributed by atoms with Crippen molar-refractivity contribution in [3.05, 3.63) is 132 Å². The highest BCUT2D eigenvalue weighted by Gasteiger charge is 2.37. The third kappa shape index (κ3) is 10.5. The topological polar surface area (TPSA) is 205 Å². The quantitative estimate of drug-likeness (QED) is 0.0665. The van der Waals surface area contributed by atoms with Crippen molar-refractivity contribution in [1.29, 1.82) is 0 Å². The number of imide groups is 1. The first-order chi connectivity index (χ1) is 35.4. The predicted molar refractivity (Wildman–Crippen MR) is 257 cm³/mol. The summed E-state index contributed by atoms with van der Waals surface area (Å²) in [5, 5.41) is 12.1. The van der Waals surface area contributed by atoms with Gasteiger partial charge in [0.05, 0.1) is 53.7 Å². The van der Waals surface area contributed by atoms with Crippen LogP contribution in [0.25, 0.3) is 21.8 Å². The average molecular weight is 1040 g/mol. The number of carbonyl (C=O) groups is 4. The van der Waals surface area contributed by atoms with Crippen LogP contribution in [-0.2, 0) is 4.65 Å². The van der Waals surface area contributed by atoms with Crippen LogP contribution >= 0.6 is 0 Å². The Labute approximate surface area is 416 Å². The molecule has 2 aromatic heterocycles. The molecule has 2 aliphatic carbocycles. The molecule has 4 fully saturated rings. The summed E-state index contributed by atoms with van der Waals surface area (Å²) in [5.74, 6) is -8.15. The lowest BCUT2D eigenvalue weighted by molar-refractivity contribution is 0.0652. The number of carboxylic acid groups (broad SMARTS) is 1. The number of aromatic carboxylic acids is 1. The monoisotopic (exact) mass is 1040 g/mol. The summed E-state index contributed by atoms with van der Waals surface area (Å²) in [5.41, 5.74) is 4.92. The molecule has 390 valence electrons. The summed E-state index contributed by atoms with van der Waals surface area (Å²) in [7, 11) is -0.912. The van der Waals surface area contributed by atoms with Crippen LogP contribution in [0.15, 0.2) is 81.2 Å². The van der Waals surface area contributed by atoms with E-state index in [1.54, 1.807) is 33.7 Å². The normalized spacial score (nSPS) is 17.8. The fourth-order valence-corrected chi connectivity index (χ4v) is 9.32. The van der Waals surface area contributed by atoms with Crippen molar-refractivity contribution in [1.82, 2.24) is 19.4 Å². The molecule has 10 rings (SSSR count). The van der Waals surface area contributed by atoms with E-state index >= 15 is 4.39 Å². The number of aromatic nitrogens is 2. The van der Waals surface area contributed by atoms with Gasteiger partial charge in [-0.2, -0.15) is 4.39 Å². The molecular formula is C50H48BF7N6O10. The lowest BCUT2D eigenvalue weighted by atomic mass is 10.0. The number of halogens is 7. The second-order valence-corrected chi connectivity index (χ2v) is 18.0. The number of ether oxygens (including phenoxy) is 2. The minimum Gasteiger partial charge on any atom is -0.492 e. The van der Waals surface area contributed by atoms with Crippen molar-refractivity contribution in [2.24, 2.45) is 5.73 Å². The number of carboxylic acids is 1. The number of benzene rings is 3. The van der Waals surface area contributed by atoms with E-state index in [1.165, 1.54) is 17.9 Å². The highest BCUT2D eigenvalue weighted by Crippen LogP contribution is 2.45. The number of anilines is 1. The Bertz CT molecular complexity index is 3260. The van der Waals surface area contributed by atoms with Gasteiger partial charge in [-0.05, 0) is 93.3 Å². The van der Waals surface area contributed by atoms with Crippen LogP contribution in [0.2, 0.25) is 0 Å². The first-order valence-corrected chi connectivity index (χ1v) is 23.5. The Hall–Kier alpha value is -7.47. The molecule has 0 radical (unpaired) electrons. The number of nitrogens with two attached hydrogens (primary N) is 1. The van der Waals surface area contributed by atoms with Gasteiger partial charge in [0.2, 0.25) is 16.7 Å². The number of hydrogen-bond acceptors (Lipinski definition) is 12. The predicted octanol–water partition coefficient (Wildman–Crippen LogP) is 7.56. The Morgan fingerprint density at radius 2 is 1.34 bits per heavy atom. The van der Waals surface area contributed by atoms with Gasteiger partial charge in [0.1, 0.15) is 28.5 Å². The molecule has 2 saturated carbocycles. The van der Waals surface area contributed by atoms with Crippen LogP contribution in [0, 0.1) is 17.5 Å². The molecule has 74 heavy (non-hydrogen) atoms. The van der Waals surface area contributed by atoms with Crippen LogP contribution in [0.4, 0.5) is 36.3 Å². The second-order valence-electron chi connectivity index (χ2n) is 18.0. The molecule has 2 saturated heterocycles. The van der Waals surface area contributed by atoms with E-state index in [4.69, 9.17) is 15.2 Å². The van der Waals surface area contributed by atoms with Gasteiger partial charge in [0.25, 0.3) is 11.8 Å². The molecule has 3 aromatic carbocycles. The third-order valence-electron chi connectivity index (χ3n) is 13.2. The van der Waals surface area contributed by atoms with Crippen molar-refractivity contribution < 1.29 is 69.0 Å². The molecule has 5 aromatic rings. The van der Waals surface area contributed by atoms with E-state index in [9.17, 15) is 60.1 Å². The number of carbonyl (C=O) groups excluding carboxylic acids is 3. The van der Waals surface area contributed by atoms with E-state index in [0.29, 0.717) is 79.0 Å². The van der Waals surface area contributed by atoms with Gasteiger partial charge >= 0.3 is 19.4 Å². The van der Waals surface area contributed by atoms with Crippen LogP contribution in [0.5, 0.6) is 11.5 Å². The SMILES string of the molecule is COc1c(F)c(F)cc2c(=O)c(C(=O)OB(F)F)cn(C3CC3)c12.COc1c(N2CCC/C(=C(\F)CN)C2)c(F)cc2c(=O)c(C(=O)O)cn(C3CC3)c12.O=C1c2ccccc2C(=O)N1C/C(F)=C1/CCCNC1. The summed E-state index contributed by atoms with van der Waals surface area (Å²) < 4.78 is 113. The Kier molecular flexibility index (Phi) is 15.7. The van der Waals surface area contributed by atoms with Crippen LogP contribution in [0.3, 0.4) is 0 Å². The number of pyridine rings is 2. The summed E-state index contributed by atoms with van der Waals surface area (Å²) in [4.78, 5) is 75.3. The fourth-order valence-electron chi connectivity index (χ4n) is 9.32. The molecule has 16 nitrogen and oxygen atoms in total. The number of nitrogens with one attached hydrogen (secondary N) is 1. The van der Waals surface area contributed by atoms with Crippen LogP contribution < -0.4 is 36.3 Å². The molecule has 24 heteroatoms.